The number of Topliss-reactive ketones (excluding diaryl/α,β-unsaturated/α-hetero) is 1. The highest BCUT2D eigenvalue weighted by atomic mass is 79.9. The minimum Gasteiger partial charge on any atom is -0.293 e. The lowest BCUT2D eigenvalue weighted by atomic mass is 10.2. The summed E-state index contributed by atoms with van der Waals surface area (Å²) in [5.41, 5.74) is 1.25. The quantitative estimate of drug-likeness (QED) is 0.731. The van der Waals surface area contributed by atoms with E-state index in [1.807, 2.05) is 6.07 Å². The zero-order valence-corrected chi connectivity index (χ0v) is 9.08. The molecule has 0 amide bonds. The van der Waals surface area contributed by atoms with E-state index in [-0.39, 0.29) is 5.78 Å². The molecular weight excluding hydrogens is 244 g/mol. The molecule has 0 saturated heterocycles. The van der Waals surface area contributed by atoms with Crippen LogP contribution in [0, 0.1) is 0 Å². The van der Waals surface area contributed by atoms with Crippen LogP contribution in [0.4, 0.5) is 0 Å². The average molecular weight is 251 g/mol. The monoisotopic (exact) mass is 250 g/mol. The molecule has 0 bridgehead atoms. The Balaban J connectivity index is 2.76. The first-order valence-electron chi connectivity index (χ1n) is 4.09. The van der Waals surface area contributed by atoms with Crippen LogP contribution in [0.3, 0.4) is 0 Å². The molecule has 0 spiro atoms. The van der Waals surface area contributed by atoms with Crippen LogP contribution in [0.2, 0.25) is 0 Å². The lowest BCUT2D eigenvalue weighted by molar-refractivity contribution is 0.101. The third kappa shape index (κ3) is 1.53. The van der Waals surface area contributed by atoms with Crippen LogP contribution in [0.25, 0.3) is 10.9 Å². The molecule has 0 atom stereocenters. The lowest BCUT2D eigenvalue weighted by Gasteiger charge is -2.00. The molecule has 2 rings (SSSR count). The fourth-order valence-corrected chi connectivity index (χ4v) is 1.64. The maximum absolute atomic E-state index is 11.1. The Morgan fingerprint density at radius 3 is 2.86 bits per heavy atom. The van der Waals surface area contributed by atoms with Gasteiger partial charge in [-0.05, 0) is 28.1 Å². The minimum absolute atomic E-state index is 0.0318. The van der Waals surface area contributed by atoms with Gasteiger partial charge in [0.1, 0.15) is 5.69 Å². The Labute approximate surface area is 89.3 Å². The number of hydrogen-bond acceptors (Lipinski definition) is 3. The summed E-state index contributed by atoms with van der Waals surface area (Å²) < 4.78 is 0.804. The van der Waals surface area contributed by atoms with Crippen molar-refractivity contribution in [2.24, 2.45) is 0 Å². The second kappa shape index (κ2) is 3.46. The normalized spacial score (nSPS) is 10.4. The van der Waals surface area contributed by atoms with Gasteiger partial charge in [0, 0.05) is 24.7 Å². The van der Waals surface area contributed by atoms with E-state index in [0.29, 0.717) is 5.69 Å². The van der Waals surface area contributed by atoms with Crippen molar-refractivity contribution in [1.82, 2.24) is 9.97 Å². The number of aromatic nitrogens is 2. The van der Waals surface area contributed by atoms with E-state index in [1.165, 1.54) is 6.92 Å². The molecule has 0 aliphatic heterocycles. The van der Waals surface area contributed by atoms with Gasteiger partial charge in [-0.25, -0.2) is 4.98 Å². The van der Waals surface area contributed by atoms with Crippen molar-refractivity contribution in [3.63, 3.8) is 0 Å². The third-order valence-electron chi connectivity index (χ3n) is 1.91. The molecule has 3 nitrogen and oxygen atoms in total. The van der Waals surface area contributed by atoms with Gasteiger partial charge in [0.15, 0.2) is 5.78 Å². The van der Waals surface area contributed by atoms with Crippen molar-refractivity contribution in [3.8, 4) is 0 Å². The molecule has 0 aliphatic rings. The Bertz CT molecular complexity index is 510. The SMILES string of the molecule is CC(=O)c1ccc2cncc(Br)c2n1. The smallest absolute Gasteiger partial charge is 0.178 e. The van der Waals surface area contributed by atoms with Crippen LogP contribution in [0.1, 0.15) is 17.4 Å². The first-order chi connectivity index (χ1) is 6.68. The third-order valence-corrected chi connectivity index (χ3v) is 2.50. The molecule has 0 saturated carbocycles. The zero-order valence-electron chi connectivity index (χ0n) is 7.49. The minimum atomic E-state index is -0.0318. The highest BCUT2D eigenvalue weighted by Gasteiger charge is 2.04. The summed E-state index contributed by atoms with van der Waals surface area (Å²) in [6.45, 7) is 1.50. The van der Waals surface area contributed by atoms with Gasteiger partial charge in [-0.2, -0.15) is 0 Å². The van der Waals surface area contributed by atoms with Crippen molar-refractivity contribution >= 4 is 32.6 Å². The van der Waals surface area contributed by atoms with E-state index in [2.05, 4.69) is 25.9 Å². The van der Waals surface area contributed by atoms with Crippen LogP contribution in [-0.2, 0) is 0 Å². The average Bonchev–Trinajstić information content (AvgIpc) is 2.18. The number of rotatable bonds is 1. The van der Waals surface area contributed by atoms with Gasteiger partial charge in [-0.3, -0.25) is 9.78 Å². The van der Waals surface area contributed by atoms with Crippen molar-refractivity contribution in [2.75, 3.05) is 0 Å². The summed E-state index contributed by atoms with van der Waals surface area (Å²) in [7, 11) is 0. The highest BCUT2D eigenvalue weighted by molar-refractivity contribution is 9.10. The van der Waals surface area contributed by atoms with E-state index in [1.54, 1.807) is 18.5 Å². The predicted octanol–water partition coefficient (Wildman–Crippen LogP) is 2.59. The van der Waals surface area contributed by atoms with E-state index in [0.717, 1.165) is 15.4 Å². The topological polar surface area (TPSA) is 42.9 Å². The second-order valence-electron chi connectivity index (χ2n) is 2.95. The first kappa shape index (κ1) is 9.27. The summed E-state index contributed by atoms with van der Waals surface area (Å²) in [5.74, 6) is -0.0318. The zero-order chi connectivity index (χ0) is 10.1. The van der Waals surface area contributed by atoms with Gasteiger partial charge >= 0.3 is 0 Å². The molecule has 0 aliphatic carbocycles. The van der Waals surface area contributed by atoms with Crippen LogP contribution >= 0.6 is 15.9 Å². The van der Waals surface area contributed by atoms with E-state index >= 15 is 0 Å². The van der Waals surface area contributed by atoms with Crippen LogP contribution < -0.4 is 0 Å². The molecular formula is C10H7BrN2O. The number of halogens is 1. The van der Waals surface area contributed by atoms with E-state index in [9.17, 15) is 4.79 Å². The predicted molar refractivity (Wildman–Crippen MR) is 57.2 cm³/mol. The molecule has 0 radical (unpaired) electrons. The van der Waals surface area contributed by atoms with Crippen LogP contribution in [0.5, 0.6) is 0 Å². The summed E-state index contributed by atoms with van der Waals surface area (Å²) in [4.78, 5) is 19.4. The van der Waals surface area contributed by atoms with Crippen molar-refractivity contribution in [2.45, 2.75) is 6.92 Å². The molecule has 0 fully saturated rings. The molecule has 0 N–H and O–H groups in total. The number of ketones is 1. The molecule has 70 valence electrons. The molecule has 0 unspecified atom stereocenters. The molecule has 14 heavy (non-hydrogen) atoms. The molecule has 2 heterocycles. The van der Waals surface area contributed by atoms with Crippen LogP contribution in [-0.4, -0.2) is 15.8 Å². The fourth-order valence-electron chi connectivity index (χ4n) is 1.21. The number of carbonyl (C=O) groups is 1. The van der Waals surface area contributed by atoms with Crippen molar-refractivity contribution in [1.29, 1.82) is 0 Å². The number of carbonyl (C=O) groups excluding carboxylic acids is 1. The molecule has 4 heteroatoms. The van der Waals surface area contributed by atoms with Crippen molar-refractivity contribution < 1.29 is 4.79 Å². The highest BCUT2D eigenvalue weighted by Crippen LogP contribution is 2.20. The first-order valence-corrected chi connectivity index (χ1v) is 4.89. The van der Waals surface area contributed by atoms with Crippen molar-refractivity contribution in [3.05, 3.63) is 34.7 Å². The van der Waals surface area contributed by atoms with Gasteiger partial charge in [0.05, 0.1) is 9.99 Å². The summed E-state index contributed by atoms with van der Waals surface area (Å²) in [6.07, 6.45) is 3.39. The molecule has 2 aromatic rings. The summed E-state index contributed by atoms with van der Waals surface area (Å²) >= 11 is 3.34. The van der Waals surface area contributed by atoms with E-state index < -0.39 is 0 Å². The van der Waals surface area contributed by atoms with Gasteiger partial charge < -0.3 is 0 Å². The van der Waals surface area contributed by atoms with Gasteiger partial charge in [0.2, 0.25) is 0 Å². The van der Waals surface area contributed by atoms with Gasteiger partial charge in [-0.15, -0.1) is 0 Å². The second-order valence-corrected chi connectivity index (χ2v) is 3.80. The summed E-state index contributed by atoms with van der Waals surface area (Å²) in [6, 6.07) is 3.55. The van der Waals surface area contributed by atoms with Gasteiger partial charge in [-0.1, -0.05) is 0 Å². The maximum atomic E-state index is 11.1. The molecule has 2 aromatic heterocycles. The Morgan fingerprint density at radius 1 is 1.36 bits per heavy atom. The Morgan fingerprint density at radius 2 is 2.14 bits per heavy atom. The van der Waals surface area contributed by atoms with Gasteiger partial charge in [0.25, 0.3) is 0 Å². The fraction of sp³-hybridized carbons (Fsp3) is 0.100. The summed E-state index contributed by atoms with van der Waals surface area (Å²) in [5, 5.41) is 0.921. The van der Waals surface area contributed by atoms with E-state index in [4.69, 9.17) is 0 Å². The largest absolute Gasteiger partial charge is 0.293 e. The standard InChI is InChI=1S/C10H7BrN2O/c1-6(14)9-3-2-7-4-12-5-8(11)10(7)13-9/h2-5H,1H3. The maximum Gasteiger partial charge on any atom is 0.178 e. The number of hydrogen-bond donors (Lipinski definition) is 0. The van der Waals surface area contributed by atoms with Crippen LogP contribution in [0.15, 0.2) is 29.0 Å². The lowest BCUT2D eigenvalue weighted by Crippen LogP contribution is -1.96. The molecule has 0 aromatic carbocycles. The number of pyridine rings is 2. The number of nitrogens with zero attached hydrogens (tertiary/aromatic N) is 2. The Kier molecular flexibility index (Phi) is 2.29. The number of fused-ring (bicyclic) bond motifs is 1. The Hall–Kier alpha value is -1.29.